The first-order chi connectivity index (χ1) is 15.0. The molecule has 31 heavy (non-hydrogen) atoms. The standard InChI is InChI=1S/C24H21FN4OS/c1-16-27-22(15-31-16)13-17-3-10-21(11-4-17)28-23(30)12-7-19-14-26-29(2)24(19)18-5-8-20(25)9-6-18/h3-12,14-15H,13H2,1-2H3,(H,28,30)/b12-7+. The minimum Gasteiger partial charge on any atom is -0.323 e. The molecular formula is C24H21FN4OS. The third-order valence-electron chi connectivity index (χ3n) is 4.77. The number of carbonyl (C=O) groups is 1. The van der Waals surface area contributed by atoms with Gasteiger partial charge in [0.1, 0.15) is 5.82 Å². The summed E-state index contributed by atoms with van der Waals surface area (Å²) in [6.07, 6.45) is 5.62. The number of thiazole rings is 1. The van der Waals surface area contributed by atoms with E-state index in [0.29, 0.717) is 0 Å². The number of carbonyl (C=O) groups excluding carboxylic acids is 1. The van der Waals surface area contributed by atoms with Crippen molar-refractivity contribution >= 4 is 29.0 Å². The van der Waals surface area contributed by atoms with Gasteiger partial charge in [0.15, 0.2) is 0 Å². The first kappa shape index (κ1) is 20.7. The second-order valence-electron chi connectivity index (χ2n) is 7.13. The highest BCUT2D eigenvalue weighted by Gasteiger charge is 2.10. The van der Waals surface area contributed by atoms with Crippen molar-refractivity contribution in [3.8, 4) is 11.3 Å². The molecule has 0 fully saturated rings. The van der Waals surface area contributed by atoms with Gasteiger partial charge in [0.05, 0.1) is 22.6 Å². The van der Waals surface area contributed by atoms with Crippen molar-refractivity contribution < 1.29 is 9.18 Å². The van der Waals surface area contributed by atoms with E-state index in [1.165, 1.54) is 18.2 Å². The molecule has 4 rings (SSSR count). The zero-order valence-electron chi connectivity index (χ0n) is 17.2. The number of benzene rings is 2. The Bertz CT molecular complexity index is 1220. The van der Waals surface area contributed by atoms with E-state index in [1.807, 2.05) is 38.2 Å². The van der Waals surface area contributed by atoms with Gasteiger partial charge in [-0.15, -0.1) is 11.3 Å². The van der Waals surface area contributed by atoms with E-state index < -0.39 is 0 Å². The average Bonchev–Trinajstić information content (AvgIpc) is 3.33. The van der Waals surface area contributed by atoms with Crippen molar-refractivity contribution in [2.24, 2.45) is 7.05 Å². The molecule has 0 spiro atoms. The molecule has 0 saturated heterocycles. The highest BCUT2D eigenvalue weighted by Crippen LogP contribution is 2.24. The summed E-state index contributed by atoms with van der Waals surface area (Å²) in [5.74, 6) is -0.535. The van der Waals surface area contributed by atoms with Crippen molar-refractivity contribution in [3.05, 3.63) is 93.8 Å². The highest BCUT2D eigenvalue weighted by atomic mass is 32.1. The van der Waals surface area contributed by atoms with Gasteiger partial charge in [-0.1, -0.05) is 12.1 Å². The Kier molecular flexibility index (Phi) is 6.04. The van der Waals surface area contributed by atoms with Crippen molar-refractivity contribution in [3.63, 3.8) is 0 Å². The molecule has 0 unspecified atom stereocenters. The van der Waals surface area contributed by atoms with Gasteiger partial charge in [-0.2, -0.15) is 5.10 Å². The maximum atomic E-state index is 13.2. The van der Waals surface area contributed by atoms with E-state index in [1.54, 1.807) is 40.4 Å². The number of hydrogen-bond donors (Lipinski definition) is 1. The predicted molar refractivity (Wildman–Crippen MR) is 122 cm³/mol. The summed E-state index contributed by atoms with van der Waals surface area (Å²) in [5.41, 5.74) is 5.32. The minimum absolute atomic E-state index is 0.239. The average molecular weight is 433 g/mol. The molecule has 7 heteroatoms. The van der Waals surface area contributed by atoms with Crippen LogP contribution in [0.4, 0.5) is 10.1 Å². The molecule has 2 aromatic heterocycles. The van der Waals surface area contributed by atoms with Crippen molar-refractivity contribution in [2.75, 3.05) is 5.32 Å². The van der Waals surface area contributed by atoms with E-state index in [4.69, 9.17) is 0 Å². The molecule has 1 N–H and O–H groups in total. The van der Waals surface area contributed by atoms with Crippen LogP contribution in [0.5, 0.6) is 0 Å². The molecule has 2 aromatic carbocycles. The second kappa shape index (κ2) is 9.06. The van der Waals surface area contributed by atoms with Crippen LogP contribution in [0.1, 0.15) is 21.8 Å². The number of nitrogens with one attached hydrogen (secondary N) is 1. The normalized spacial score (nSPS) is 11.2. The lowest BCUT2D eigenvalue weighted by atomic mass is 10.1. The quantitative estimate of drug-likeness (QED) is 0.424. The van der Waals surface area contributed by atoms with Gasteiger partial charge in [0, 0.05) is 41.7 Å². The van der Waals surface area contributed by atoms with Crippen LogP contribution in [-0.2, 0) is 18.3 Å². The van der Waals surface area contributed by atoms with E-state index >= 15 is 0 Å². The fourth-order valence-corrected chi connectivity index (χ4v) is 3.90. The highest BCUT2D eigenvalue weighted by molar-refractivity contribution is 7.09. The summed E-state index contributed by atoms with van der Waals surface area (Å²) < 4.78 is 14.9. The van der Waals surface area contributed by atoms with Crippen LogP contribution in [-0.4, -0.2) is 20.7 Å². The third kappa shape index (κ3) is 5.13. The summed E-state index contributed by atoms with van der Waals surface area (Å²) >= 11 is 1.64. The van der Waals surface area contributed by atoms with Gasteiger partial charge in [0.2, 0.25) is 5.91 Å². The number of anilines is 1. The minimum atomic E-state index is -0.296. The van der Waals surface area contributed by atoms with Gasteiger partial charge in [-0.05, 0) is 55.0 Å². The molecule has 5 nitrogen and oxygen atoms in total. The SMILES string of the molecule is Cc1nc(Cc2ccc(NC(=O)/C=C/c3cnn(C)c3-c3ccc(F)cc3)cc2)cs1. The Balaban J connectivity index is 1.41. The molecule has 4 aromatic rings. The maximum Gasteiger partial charge on any atom is 0.248 e. The van der Waals surface area contributed by atoms with Gasteiger partial charge >= 0.3 is 0 Å². The van der Waals surface area contributed by atoms with Gasteiger partial charge in [-0.3, -0.25) is 9.48 Å². The van der Waals surface area contributed by atoms with E-state index in [9.17, 15) is 9.18 Å². The molecule has 0 atom stereocenters. The number of aromatic nitrogens is 3. The number of aryl methyl sites for hydroxylation is 2. The zero-order valence-corrected chi connectivity index (χ0v) is 18.0. The van der Waals surface area contributed by atoms with E-state index in [2.05, 4.69) is 20.8 Å². The Morgan fingerprint density at radius 3 is 2.58 bits per heavy atom. The smallest absolute Gasteiger partial charge is 0.248 e. The first-order valence-electron chi connectivity index (χ1n) is 9.75. The monoisotopic (exact) mass is 432 g/mol. The van der Waals surface area contributed by atoms with Crippen molar-refractivity contribution in [1.29, 1.82) is 0 Å². The summed E-state index contributed by atoms with van der Waals surface area (Å²) in [6.45, 7) is 1.99. The molecule has 0 aliphatic rings. The van der Waals surface area contributed by atoms with Gasteiger partial charge in [0.25, 0.3) is 0 Å². The van der Waals surface area contributed by atoms with Crippen LogP contribution in [0.25, 0.3) is 17.3 Å². The lowest BCUT2D eigenvalue weighted by Gasteiger charge is -2.05. The molecule has 0 aliphatic carbocycles. The van der Waals surface area contributed by atoms with Crippen LogP contribution in [0.3, 0.4) is 0 Å². The second-order valence-corrected chi connectivity index (χ2v) is 8.20. The lowest BCUT2D eigenvalue weighted by Crippen LogP contribution is -2.07. The largest absolute Gasteiger partial charge is 0.323 e. The van der Waals surface area contributed by atoms with Crippen LogP contribution < -0.4 is 5.32 Å². The van der Waals surface area contributed by atoms with Crippen LogP contribution in [0.2, 0.25) is 0 Å². The first-order valence-corrected chi connectivity index (χ1v) is 10.6. The number of nitrogens with zero attached hydrogens (tertiary/aromatic N) is 3. The molecule has 0 aliphatic heterocycles. The maximum absolute atomic E-state index is 13.2. The van der Waals surface area contributed by atoms with Gasteiger partial charge in [-0.25, -0.2) is 9.37 Å². The topological polar surface area (TPSA) is 59.8 Å². The molecule has 1 amide bonds. The Morgan fingerprint density at radius 1 is 1.16 bits per heavy atom. The summed E-state index contributed by atoms with van der Waals surface area (Å²) in [5, 5.41) is 10.2. The summed E-state index contributed by atoms with van der Waals surface area (Å²) in [7, 11) is 1.81. The van der Waals surface area contributed by atoms with E-state index in [-0.39, 0.29) is 11.7 Å². The number of hydrogen-bond acceptors (Lipinski definition) is 4. The lowest BCUT2D eigenvalue weighted by molar-refractivity contribution is -0.111. The van der Waals surface area contributed by atoms with Gasteiger partial charge < -0.3 is 5.32 Å². The molecule has 0 bridgehead atoms. The Hall–Kier alpha value is -3.58. The van der Waals surface area contributed by atoms with E-state index in [0.717, 1.165) is 45.2 Å². The fraction of sp³-hybridized carbons (Fsp3) is 0.125. The molecule has 0 saturated carbocycles. The molecule has 156 valence electrons. The zero-order chi connectivity index (χ0) is 21.8. The van der Waals surface area contributed by atoms with Crippen LogP contribution >= 0.6 is 11.3 Å². The molecular weight excluding hydrogens is 411 g/mol. The van der Waals surface area contributed by atoms with Crippen LogP contribution in [0.15, 0.2) is 66.2 Å². The molecule has 0 radical (unpaired) electrons. The summed E-state index contributed by atoms with van der Waals surface area (Å²) in [4.78, 5) is 16.9. The Morgan fingerprint density at radius 2 is 1.90 bits per heavy atom. The van der Waals surface area contributed by atoms with Crippen molar-refractivity contribution in [2.45, 2.75) is 13.3 Å². The number of halogens is 1. The van der Waals surface area contributed by atoms with Crippen LogP contribution in [0, 0.1) is 12.7 Å². The predicted octanol–water partition coefficient (Wildman–Crippen LogP) is 5.23. The molecule has 2 heterocycles. The van der Waals surface area contributed by atoms with Crippen molar-refractivity contribution in [1.82, 2.24) is 14.8 Å². The number of rotatable bonds is 6. The third-order valence-corrected chi connectivity index (χ3v) is 5.59. The summed E-state index contributed by atoms with van der Waals surface area (Å²) in [6, 6.07) is 13.9. The fourth-order valence-electron chi connectivity index (χ4n) is 3.29. The Labute approximate surface area is 183 Å². The number of amides is 1.